The van der Waals surface area contributed by atoms with Gasteiger partial charge in [0.15, 0.2) is 0 Å². The van der Waals surface area contributed by atoms with Crippen LogP contribution < -0.4 is 10.3 Å². The SMILES string of the molecule is N#CCc1ccc(Oc2ccc3c(c2)c(=O)ncn3Cc2c(F)cc(F)cc2F)c(C(F)(F)F)c1. The molecule has 0 amide bonds. The number of nitrogens with zero attached hydrogens (tertiary/aromatic N) is 3. The van der Waals surface area contributed by atoms with E-state index in [0.717, 1.165) is 24.5 Å². The van der Waals surface area contributed by atoms with Gasteiger partial charge in [-0.2, -0.15) is 23.4 Å². The van der Waals surface area contributed by atoms with Crippen LogP contribution in [0.2, 0.25) is 0 Å². The van der Waals surface area contributed by atoms with Gasteiger partial charge in [0, 0.05) is 17.7 Å². The summed E-state index contributed by atoms with van der Waals surface area (Å²) in [4.78, 5) is 16.0. The normalized spacial score (nSPS) is 11.5. The topological polar surface area (TPSA) is 67.9 Å². The molecule has 0 bridgehead atoms. The van der Waals surface area contributed by atoms with Crippen molar-refractivity contribution < 1.29 is 31.1 Å². The van der Waals surface area contributed by atoms with Crippen molar-refractivity contribution >= 4 is 10.9 Å². The molecular formula is C24H13F6N3O2. The summed E-state index contributed by atoms with van der Waals surface area (Å²) >= 11 is 0. The van der Waals surface area contributed by atoms with Crippen LogP contribution in [0.3, 0.4) is 0 Å². The molecule has 0 saturated carbocycles. The third-order valence-corrected chi connectivity index (χ3v) is 5.12. The average Bonchev–Trinajstić information content (AvgIpc) is 2.78. The molecule has 35 heavy (non-hydrogen) atoms. The van der Waals surface area contributed by atoms with Crippen LogP contribution in [0.15, 0.2) is 59.7 Å². The molecule has 0 fully saturated rings. The van der Waals surface area contributed by atoms with E-state index in [4.69, 9.17) is 10.00 Å². The van der Waals surface area contributed by atoms with Gasteiger partial charge in [-0.05, 0) is 35.9 Å². The Morgan fingerprint density at radius 3 is 2.37 bits per heavy atom. The van der Waals surface area contributed by atoms with Gasteiger partial charge >= 0.3 is 6.18 Å². The van der Waals surface area contributed by atoms with Crippen molar-refractivity contribution in [1.82, 2.24) is 9.55 Å². The van der Waals surface area contributed by atoms with Crippen molar-refractivity contribution in [3.63, 3.8) is 0 Å². The van der Waals surface area contributed by atoms with Crippen molar-refractivity contribution in [3.8, 4) is 17.6 Å². The second-order valence-corrected chi connectivity index (χ2v) is 7.47. The van der Waals surface area contributed by atoms with Gasteiger partial charge in [0.25, 0.3) is 5.56 Å². The van der Waals surface area contributed by atoms with Crippen LogP contribution in [0.4, 0.5) is 26.3 Å². The first-order valence-electron chi connectivity index (χ1n) is 9.94. The van der Waals surface area contributed by atoms with Gasteiger partial charge in [-0.15, -0.1) is 0 Å². The van der Waals surface area contributed by atoms with Gasteiger partial charge in [0.05, 0.1) is 41.8 Å². The van der Waals surface area contributed by atoms with Crippen molar-refractivity contribution in [1.29, 1.82) is 5.26 Å². The van der Waals surface area contributed by atoms with E-state index in [2.05, 4.69) is 4.98 Å². The number of aromatic nitrogens is 2. The quantitative estimate of drug-likeness (QED) is 0.336. The fraction of sp³-hybridized carbons (Fsp3) is 0.125. The molecule has 0 N–H and O–H groups in total. The zero-order valence-electron chi connectivity index (χ0n) is 17.5. The van der Waals surface area contributed by atoms with E-state index in [-0.39, 0.29) is 28.6 Å². The summed E-state index contributed by atoms with van der Waals surface area (Å²) in [5, 5.41) is 8.66. The number of halogens is 6. The van der Waals surface area contributed by atoms with Crippen molar-refractivity contribution in [3.05, 3.63) is 99.4 Å². The van der Waals surface area contributed by atoms with E-state index >= 15 is 0 Å². The molecule has 5 nitrogen and oxygen atoms in total. The lowest BCUT2D eigenvalue weighted by Gasteiger charge is -2.16. The Balaban J connectivity index is 1.74. The van der Waals surface area contributed by atoms with Gasteiger partial charge in [0.1, 0.15) is 29.0 Å². The largest absolute Gasteiger partial charge is 0.457 e. The molecule has 0 atom stereocenters. The molecule has 178 valence electrons. The smallest absolute Gasteiger partial charge is 0.419 e. The molecule has 0 saturated heterocycles. The molecular weight excluding hydrogens is 476 g/mol. The minimum atomic E-state index is -4.77. The number of ether oxygens (including phenoxy) is 1. The fourth-order valence-corrected chi connectivity index (χ4v) is 3.49. The summed E-state index contributed by atoms with van der Waals surface area (Å²) in [7, 11) is 0. The Bertz CT molecular complexity index is 1520. The number of benzene rings is 3. The first-order valence-corrected chi connectivity index (χ1v) is 9.94. The third kappa shape index (κ3) is 4.96. The highest BCUT2D eigenvalue weighted by atomic mass is 19.4. The number of fused-ring (bicyclic) bond motifs is 1. The Morgan fingerprint density at radius 2 is 1.71 bits per heavy atom. The van der Waals surface area contributed by atoms with Crippen molar-refractivity contribution in [2.75, 3.05) is 0 Å². The predicted molar refractivity (Wildman–Crippen MR) is 112 cm³/mol. The highest BCUT2D eigenvalue weighted by molar-refractivity contribution is 5.79. The maximum absolute atomic E-state index is 14.1. The standard InChI is InChI=1S/C24H13F6N3O2/c25-14-8-19(26)17(20(27)9-14)11-33-12-32-23(34)16-10-15(2-3-21(16)33)35-22-4-1-13(5-6-31)7-18(22)24(28,29)30/h1-4,7-10,12H,5,11H2. The van der Waals surface area contributed by atoms with Gasteiger partial charge in [0.2, 0.25) is 0 Å². The Labute approximate surface area is 193 Å². The zero-order valence-corrected chi connectivity index (χ0v) is 17.5. The highest BCUT2D eigenvalue weighted by Gasteiger charge is 2.35. The molecule has 0 aliphatic carbocycles. The maximum Gasteiger partial charge on any atom is 0.419 e. The second kappa shape index (κ2) is 9.13. The van der Waals surface area contributed by atoms with Crippen LogP contribution in [-0.4, -0.2) is 9.55 Å². The number of alkyl halides is 3. The predicted octanol–water partition coefficient (Wildman–Crippen LogP) is 5.74. The minimum absolute atomic E-state index is 0.0809. The van der Waals surface area contributed by atoms with E-state index in [1.165, 1.54) is 22.8 Å². The third-order valence-electron chi connectivity index (χ3n) is 5.12. The first-order chi connectivity index (χ1) is 16.6. The monoisotopic (exact) mass is 489 g/mol. The number of nitriles is 1. The first kappa shape index (κ1) is 23.8. The van der Waals surface area contributed by atoms with Gasteiger partial charge in [-0.1, -0.05) is 6.07 Å². The molecule has 0 spiro atoms. The van der Waals surface area contributed by atoms with Crippen LogP contribution in [0.25, 0.3) is 10.9 Å². The second-order valence-electron chi connectivity index (χ2n) is 7.47. The highest BCUT2D eigenvalue weighted by Crippen LogP contribution is 2.39. The van der Waals surface area contributed by atoms with Crippen LogP contribution >= 0.6 is 0 Å². The van der Waals surface area contributed by atoms with Crippen molar-refractivity contribution in [2.45, 2.75) is 19.1 Å². The summed E-state index contributed by atoms with van der Waals surface area (Å²) in [6.07, 6.45) is -3.95. The Hall–Kier alpha value is -4.33. The fourth-order valence-electron chi connectivity index (χ4n) is 3.49. The summed E-state index contributed by atoms with van der Waals surface area (Å²) in [5.41, 5.74) is -2.00. The van der Waals surface area contributed by atoms with Crippen LogP contribution in [0, 0.1) is 28.8 Å². The van der Waals surface area contributed by atoms with E-state index in [1.54, 1.807) is 6.07 Å². The lowest BCUT2D eigenvalue weighted by Crippen LogP contribution is -2.14. The Morgan fingerprint density at radius 1 is 1.00 bits per heavy atom. The van der Waals surface area contributed by atoms with Crippen LogP contribution in [-0.2, 0) is 19.1 Å². The van der Waals surface area contributed by atoms with Crippen LogP contribution in [0.5, 0.6) is 11.5 Å². The van der Waals surface area contributed by atoms with Gasteiger partial charge in [-0.25, -0.2) is 13.2 Å². The number of hydrogen-bond donors (Lipinski definition) is 0. The average molecular weight is 489 g/mol. The molecule has 4 aromatic rings. The Kier molecular flexibility index (Phi) is 6.22. The number of rotatable bonds is 5. The van der Waals surface area contributed by atoms with Crippen molar-refractivity contribution in [2.24, 2.45) is 0 Å². The molecule has 0 aliphatic heterocycles. The van der Waals surface area contributed by atoms with E-state index in [1.807, 2.05) is 0 Å². The summed E-state index contributed by atoms with van der Waals surface area (Å²) < 4.78 is 88.6. The molecule has 0 aliphatic rings. The van der Waals surface area contributed by atoms with E-state index in [0.29, 0.717) is 12.1 Å². The minimum Gasteiger partial charge on any atom is -0.457 e. The van der Waals surface area contributed by atoms with E-state index in [9.17, 15) is 31.1 Å². The maximum atomic E-state index is 14.1. The van der Waals surface area contributed by atoms with Crippen LogP contribution in [0.1, 0.15) is 16.7 Å². The van der Waals surface area contributed by atoms with Gasteiger partial charge < -0.3 is 9.30 Å². The lowest BCUT2D eigenvalue weighted by molar-refractivity contribution is -0.138. The summed E-state index contributed by atoms with van der Waals surface area (Å²) in [6.45, 7) is -0.430. The molecule has 1 heterocycles. The zero-order chi connectivity index (χ0) is 25.3. The van der Waals surface area contributed by atoms with E-state index < -0.39 is 52.6 Å². The molecule has 0 unspecified atom stereocenters. The lowest BCUT2D eigenvalue weighted by atomic mass is 10.1. The molecule has 0 radical (unpaired) electrons. The molecule has 4 rings (SSSR count). The summed E-state index contributed by atoms with van der Waals surface area (Å²) in [5.74, 6) is -4.01. The molecule has 11 heteroatoms. The van der Waals surface area contributed by atoms with Gasteiger partial charge in [-0.3, -0.25) is 4.79 Å². The number of hydrogen-bond acceptors (Lipinski definition) is 4. The summed E-state index contributed by atoms with van der Waals surface area (Å²) in [6, 6.07) is 9.75. The molecule has 1 aromatic heterocycles. The molecule has 3 aromatic carbocycles.